The van der Waals surface area contributed by atoms with Crippen LogP contribution in [-0.4, -0.2) is 87.7 Å². The smallest absolute Gasteiger partial charge is 0.352 e. The highest BCUT2D eigenvalue weighted by atomic mass is 16.6. The molecule has 5 rings (SSSR count). The molecule has 1 fully saturated rings. The first-order valence-corrected chi connectivity index (χ1v) is 13.9. The highest BCUT2D eigenvalue weighted by molar-refractivity contribution is 5.88. The second-order valence-corrected chi connectivity index (χ2v) is 12.0. The van der Waals surface area contributed by atoms with Gasteiger partial charge < -0.3 is 39.7 Å². The van der Waals surface area contributed by atoms with E-state index in [1.807, 2.05) is 27.0 Å². The summed E-state index contributed by atoms with van der Waals surface area (Å²) in [7, 11) is 1.98. The van der Waals surface area contributed by atoms with E-state index in [2.05, 4.69) is 10.2 Å². The zero-order valence-electron chi connectivity index (χ0n) is 23.5. The summed E-state index contributed by atoms with van der Waals surface area (Å²) in [5.74, 6) is -1.89. The van der Waals surface area contributed by atoms with Gasteiger partial charge in [-0.1, -0.05) is 19.9 Å². The van der Waals surface area contributed by atoms with Gasteiger partial charge in [-0.2, -0.15) is 0 Å². The van der Waals surface area contributed by atoms with Crippen LogP contribution in [0.3, 0.4) is 0 Å². The van der Waals surface area contributed by atoms with Crippen LogP contribution in [0.1, 0.15) is 58.1 Å². The van der Waals surface area contributed by atoms with Crippen molar-refractivity contribution < 1.29 is 43.9 Å². The number of rotatable bonds is 8. The number of aliphatic hydroxyl groups excluding tert-OH is 1. The molecule has 11 heteroatoms. The summed E-state index contributed by atoms with van der Waals surface area (Å²) >= 11 is 0. The highest BCUT2D eigenvalue weighted by Gasteiger charge is 2.72. The summed E-state index contributed by atoms with van der Waals surface area (Å²) in [4.78, 5) is 40.2. The molecule has 1 saturated heterocycles. The maximum atomic E-state index is 13.2. The van der Waals surface area contributed by atoms with Crippen molar-refractivity contribution in [2.45, 2.75) is 94.8 Å². The molecule has 0 radical (unpaired) electrons. The number of benzene rings is 1. The molecule has 0 aromatic heterocycles. The summed E-state index contributed by atoms with van der Waals surface area (Å²) in [6, 6.07) is 2.22. The van der Waals surface area contributed by atoms with Crippen LogP contribution in [0.25, 0.3) is 0 Å². The van der Waals surface area contributed by atoms with E-state index in [9.17, 15) is 29.7 Å². The van der Waals surface area contributed by atoms with Crippen molar-refractivity contribution in [1.29, 1.82) is 0 Å². The van der Waals surface area contributed by atoms with Gasteiger partial charge in [0.05, 0.1) is 11.0 Å². The van der Waals surface area contributed by atoms with Gasteiger partial charge in [-0.25, -0.2) is 9.59 Å². The second kappa shape index (κ2) is 10.0. The first-order chi connectivity index (χ1) is 18.8. The quantitative estimate of drug-likeness (QED) is 0.341. The molecular weight excluding hydrogens is 520 g/mol. The van der Waals surface area contributed by atoms with Crippen LogP contribution in [0.15, 0.2) is 24.0 Å². The molecule has 2 unspecified atom stereocenters. The maximum absolute atomic E-state index is 13.2. The van der Waals surface area contributed by atoms with Crippen LogP contribution >= 0.6 is 0 Å². The number of nitrogens with one attached hydrogen (secondary N) is 1. The molecule has 1 amide bonds. The number of carbonyl (C=O) groups is 3. The number of aromatic hydroxyl groups is 1. The average Bonchev–Trinajstić information content (AvgIpc) is 3.24. The molecular formula is C29H38N2O9. The lowest BCUT2D eigenvalue weighted by atomic mass is 9.50. The number of likely N-dealkylation sites (tertiary alicyclic amines) is 1. The van der Waals surface area contributed by atoms with Gasteiger partial charge in [0.15, 0.2) is 23.7 Å². The van der Waals surface area contributed by atoms with E-state index in [4.69, 9.17) is 14.2 Å². The predicted molar refractivity (Wildman–Crippen MR) is 141 cm³/mol. The molecule has 2 aliphatic heterocycles. The molecule has 0 saturated carbocycles. The Bertz CT molecular complexity index is 1260. The molecule has 4 aliphatic rings. The molecule has 40 heavy (non-hydrogen) atoms. The van der Waals surface area contributed by atoms with Crippen LogP contribution in [0.4, 0.5) is 0 Å². The fraction of sp³-hybridized carbons (Fsp3) is 0.621. The Balaban J connectivity index is 1.37. The monoisotopic (exact) mass is 558 g/mol. The van der Waals surface area contributed by atoms with Crippen LogP contribution < -0.4 is 10.1 Å². The van der Waals surface area contributed by atoms with Gasteiger partial charge in [-0.3, -0.25) is 4.79 Å². The topological polar surface area (TPSA) is 155 Å². The summed E-state index contributed by atoms with van der Waals surface area (Å²) in [5.41, 5.74) is -0.349. The largest absolute Gasteiger partial charge is 0.504 e. The van der Waals surface area contributed by atoms with Gasteiger partial charge in [0, 0.05) is 18.0 Å². The first kappa shape index (κ1) is 28.4. The minimum atomic E-state index is -1.31. The SMILES string of the molecule is CC(C)C[C@H](NC(=O)[C@H](C)O)C(=O)O[C@@H](C)C(=O)OC1=CC[C@]2(O)[C@@H]3Cc4ccc(O)c5c4C2(CCN3C)C1O5. The van der Waals surface area contributed by atoms with Crippen LogP contribution in [-0.2, 0) is 35.7 Å². The number of esters is 2. The number of nitrogens with zero attached hydrogens (tertiary/aromatic N) is 1. The highest BCUT2D eigenvalue weighted by Crippen LogP contribution is 2.65. The van der Waals surface area contributed by atoms with Crippen LogP contribution in [0.2, 0.25) is 0 Å². The van der Waals surface area contributed by atoms with Crippen LogP contribution in [0, 0.1) is 5.92 Å². The minimum Gasteiger partial charge on any atom is -0.504 e. The minimum absolute atomic E-state index is 0.0239. The van der Waals surface area contributed by atoms with Gasteiger partial charge in [-0.15, -0.1) is 0 Å². The fourth-order valence-electron chi connectivity index (χ4n) is 6.92. The number of hydrogen-bond acceptors (Lipinski definition) is 10. The lowest BCUT2D eigenvalue weighted by Crippen LogP contribution is -2.74. The predicted octanol–water partition coefficient (Wildman–Crippen LogP) is 1.06. The summed E-state index contributed by atoms with van der Waals surface area (Å²) < 4.78 is 17.4. The number of hydrogen-bond donors (Lipinski definition) is 4. The van der Waals surface area contributed by atoms with E-state index >= 15 is 0 Å². The van der Waals surface area contributed by atoms with E-state index in [0.717, 1.165) is 11.1 Å². The number of aliphatic hydroxyl groups is 2. The number of carbonyl (C=O) groups excluding carboxylic acids is 3. The van der Waals surface area contributed by atoms with Crippen molar-refractivity contribution in [1.82, 2.24) is 10.2 Å². The molecule has 1 aromatic rings. The summed E-state index contributed by atoms with van der Waals surface area (Å²) in [6.07, 6.45) is -0.216. The number of ether oxygens (including phenoxy) is 3. The lowest BCUT2D eigenvalue weighted by molar-refractivity contribution is -0.176. The van der Waals surface area contributed by atoms with Gasteiger partial charge in [0.25, 0.3) is 0 Å². The molecule has 4 N–H and O–H groups in total. The first-order valence-electron chi connectivity index (χ1n) is 13.9. The van der Waals surface area contributed by atoms with Crippen LogP contribution in [0.5, 0.6) is 11.5 Å². The third-order valence-corrected chi connectivity index (χ3v) is 8.88. The fourth-order valence-corrected chi connectivity index (χ4v) is 6.92. The number of amides is 1. The average molecular weight is 559 g/mol. The van der Waals surface area contributed by atoms with Crippen molar-refractivity contribution in [3.05, 3.63) is 35.1 Å². The van der Waals surface area contributed by atoms with Gasteiger partial charge in [-0.05, 0) is 70.3 Å². The second-order valence-electron chi connectivity index (χ2n) is 12.0. The Morgan fingerprint density at radius 1 is 1.20 bits per heavy atom. The molecule has 7 atom stereocenters. The Hall–Kier alpha value is -3.15. The van der Waals surface area contributed by atoms with E-state index in [0.29, 0.717) is 25.1 Å². The molecule has 218 valence electrons. The van der Waals surface area contributed by atoms with E-state index < -0.39 is 53.2 Å². The number of piperidine rings is 1. The van der Waals surface area contributed by atoms with Crippen molar-refractivity contribution in [2.75, 3.05) is 13.6 Å². The van der Waals surface area contributed by atoms with E-state index in [-0.39, 0.29) is 36.3 Å². The maximum Gasteiger partial charge on any atom is 0.352 e. The Kier molecular flexibility index (Phi) is 7.12. The van der Waals surface area contributed by atoms with Crippen molar-refractivity contribution in [3.63, 3.8) is 0 Å². The number of likely N-dealkylation sites (N-methyl/N-ethyl adjacent to an activating group) is 1. The Labute approximate surface area is 233 Å². The zero-order chi connectivity index (χ0) is 29.1. The van der Waals surface area contributed by atoms with Crippen molar-refractivity contribution >= 4 is 17.8 Å². The van der Waals surface area contributed by atoms with E-state index in [1.165, 1.54) is 13.8 Å². The van der Waals surface area contributed by atoms with Gasteiger partial charge >= 0.3 is 11.9 Å². The van der Waals surface area contributed by atoms with E-state index in [1.54, 1.807) is 12.1 Å². The lowest BCUT2D eigenvalue weighted by Gasteiger charge is -2.61. The Morgan fingerprint density at radius 2 is 1.93 bits per heavy atom. The van der Waals surface area contributed by atoms with Crippen molar-refractivity contribution in [3.8, 4) is 11.5 Å². The third-order valence-electron chi connectivity index (χ3n) is 8.88. The van der Waals surface area contributed by atoms with Gasteiger partial charge in [0.2, 0.25) is 5.91 Å². The molecule has 2 heterocycles. The third kappa shape index (κ3) is 4.26. The molecule has 1 spiro atoms. The molecule has 1 aromatic carbocycles. The zero-order valence-corrected chi connectivity index (χ0v) is 23.5. The Morgan fingerprint density at radius 3 is 2.60 bits per heavy atom. The van der Waals surface area contributed by atoms with Gasteiger partial charge in [0.1, 0.15) is 17.9 Å². The normalized spacial score (nSPS) is 30.4. The summed E-state index contributed by atoms with van der Waals surface area (Å²) in [6.45, 7) is 7.08. The standard InChI is InChI=1S/C29H38N2O9/c1-14(2)12-18(30-25(34)15(3)32)27(36)38-16(4)26(35)39-20-8-9-29(37)21-13-17-6-7-19(33)23-22(17)28(29,24(20)40-23)10-11-31(21)5/h6-8,14-16,18,21,24,32-33,37H,9-13H2,1-5H3,(H,30,34)/t15-,16-,18-,21-,24?,28?,29-/m0/s1. The molecule has 11 nitrogen and oxygen atoms in total. The number of phenols is 1. The molecule has 2 aliphatic carbocycles. The molecule has 2 bridgehead atoms. The summed E-state index contributed by atoms with van der Waals surface area (Å²) in [5, 5.41) is 34.9. The van der Waals surface area contributed by atoms with Crippen molar-refractivity contribution in [2.24, 2.45) is 5.92 Å². The number of phenolic OH excluding ortho intramolecular Hbond substituents is 1.